The fourth-order valence-corrected chi connectivity index (χ4v) is 3.98. The van der Waals surface area contributed by atoms with Crippen molar-refractivity contribution in [2.24, 2.45) is 17.6 Å². The number of pyridine rings is 1. The molecule has 4 nitrogen and oxygen atoms in total. The van der Waals surface area contributed by atoms with Gasteiger partial charge in [-0.3, -0.25) is 9.78 Å². The second-order valence-corrected chi connectivity index (χ2v) is 6.36. The van der Waals surface area contributed by atoms with E-state index in [4.69, 9.17) is 5.73 Å². The van der Waals surface area contributed by atoms with Crippen molar-refractivity contribution in [1.29, 1.82) is 0 Å². The van der Waals surface area contributed by atoms with Gasteiger partial charge in [0.25, 0.3) is 0 Å². The molecule has 3 atom stereocenters. The molecule has 0 radical (unpaired) electrons. The van der Waals surface area contributed by atoms with E-state index in [9.17, 15) is 4.79 Å². The number of nitrogens with zero attached hydrogens (tertiary/aromatic N) is 2. The van der Waals surface area contributed by atoms with Gasteiger partial charge < -0.3 is 10.6 Å². The van der Waals surface area contributed by atoms with Crippen LogP contribution < -0.4 is 5.73 Å². The number of nitrogens with two attached hydrogens (primary N) is 1. The SMILES string of the molecule is NCC1CCCCC1C(=O)N1CCCC1c1cccnc1. The largest absolute Gasteiger partial charge is 0.335 e. The van der Waals surface area contributed by atoms with Crippen LogP contribution in [0.2, 0.25) is 0 Å². The molecule has 1 saturated heterocycles. The third-order valence-corrected chi connectivity index (χ3v) is 5.13. The topological polar surface area (TPSA) is 59.2 Å². The molecule has 1 amide bonds. The van der Waals surface area contributed by atoms with E-state index in [-0.39, 0.29) is 12.0 Å². The van der Waals surface area contributed by atoms with Gasteiger partial charge >= 0.3 is 0 Å². The Balaban J connectivity index is 1.76. The molecule has 114 valence electrons. The van der Waals surface area contributed by atoms with Gasteiger partial charge in [0.05, 0.1) is 6.04 Å². The van der Waals surface area contributed by atoms with Crippen molar-refractivity contribution in [3.05, 3.63) is 30.1 Å². The first-order valence-electron chi connectivity index (χ1n) is 8.21. The second kappa shape index (κ2) is 6.56. The number of rotatable bonds is 3. The first-order chi connectivity index (χ1) is 10.3. The Morgan fingerprint density at radius 2 is 2.14 bits per heavy atom. The van der Waals surface area contributed by atoms with E-state index in [1.54, 1.807) is 6.20 Å². The van der Waals surface area contributed by atoms with Crippen LogP contribution in [0, 0.1) is 11.8 Å². The van der Waals surface area contributed by atoms with Crippen molar-refractivity contribution in [3.63, 3.8) is 0 Å². The number of hydrogen-bond donors (Lipinski definition) is 1. The fourth-order valence-electron chi connectivity index (χ4n) is 3.98. The summed E-state index contributed by atoms with van der Waals surface area (Å²) in [5, 5.41) is 0. The van der Waals surface area contributed by atoms with Gasteiger partial charge in [0.15, 0.2) is 0 Å². The van der Waals surface area contributed by atoms with Gasteiger partial charge in [-0.15, -0.1) is 0 Å². The number of carbonyl (C=O) groups is 1. The van der Waals surface area contributed by atoms with Crippen molar-refractivity contribution < 1.29 is 4.79 Å². The molecule has 2 aliphatic rings. The summed E-state index contributed by atoms with van der Waals surface area (Å²) < 4.78 is 0. The summed E-state index contributed by atoms with van der Waals surface area (Å²) in [6.45, 7) is 1.52. The molecule has 1 aliphatic heterocycles. The Morgan fingerprint density at radius 3 is 2.90 bits per heavy atom. The van der Waals surface area contributed by atoms with Crippen LogP contribution in [0.4, 0.5) is 0 Å². The van der Waals surface area contributed by atoms with Gasteiger partial charge in [0.1, 0.15) is 0 Å². The van der Waals surface area contributed by atoms with Crippen LogP contribution in [0.5, 0.6) is 0 Å². The van der Waals surface area contributed by atoms with E-state index in [2.05, 4.69) is 16.0 Å². The normalized spacial score (nSPS) is 29.6. The molecule has 3 unspecified atom stereocenters. The Morgan fingerprint density at radius 1 is 1.29 bits per heavy atom. The highest BCUT2D eigenvalue weighted by molar-refractivity contribution is 5.80. The van der Waals surface area contributed by atoms with Gasteiger partial charge in [0, 0.05) is 24.9 Å². The highest BCUT2D eigenvalue weighted by atomic mass is 16.2. The lowest BCUT2D eigenvalue weighted by molar-refractivity contribution is -0.139. The molecule has 4 heteroatoms. The van der Waals surface area contributed by atoms with Crippen molar-refractivity contribution in [2.45, 2.75) is 44.6 Å². The molecule has 2 fully saturated rings. The quantitative estimate of drug-likeness (QED) is 0.929. The second-order valence-electron chi connectivity index (χ2n) is 6.36. The van der Waals surface area contributed by atoms with E-state index >= 15 is 0 Å². The maximum absolute atomic E-state index is 13.0. The summed E-state index contributed by atoms with van der Waals surface area (Å²) in [5.74, 6) is 0.846. The first kappa shape index (κ1) is 14.5. The summed E-state index contributed by atoms with van der Waals surface area (Å²) in [6.07, 6.45) is 10.3. The Labute approximate surface area is 126 Å². The molecule has 1 aromatic heterocycles. The molecule has 1 saturated carbocycles. The van der Waals surface area contributed by atoms with Gasteiger partial charge in [-0.05, 0) is 49.8 Å². The molecule has 0 spiro atoms. The van der Waals surface area contributed by atoms with E-state index in [0.29, 0.717) is 18.4 Å². The molecule has 2 heterocycles. The summed E-state index contributed by atoms with van der Waals surface area (Å²) in [7, 11) is 0. The summed E-state index contributed by atoms with van der Waals surface area (Å²) in [4.78, 5) is 19.3. The monoisotopic (exact) mass is 287 g/mol. The minimum atomic E-state index is 0.140. The van der Waals surface area contributed by atoms with E-state index < -0.39 is 0 Å². The molecule has 1 aliphatic carbocycles. The molecule has 0 aromatic carbocycles. The van der Waals surface area contributed by atoms with E-state index in [1.807, 2.05) is 12.3 Å². The number of carbonyl (C=O) groups excluding carboxylic acids is 1. The van der Waals surface area contributed by atoms with Crippen LogP contribution >= 0.6 is 0 Å². The number of amides is 1. The maximum Gasteiger partial charge on any atom is 0.226 e. The van der Waals surface area contributed by atoms with Gasteiger partial charge in [-0.2, -0.15) is 0 Å². The minimum absolute atomic E-state index is 0.140. The van der Waals surface area contributed by atoms with Gasteiger partial charge in [0.2, 0.25) is 5.91 Å². The number of hydrogen-bond acceptors (Lipinski definition) is 3. The van der Waals surface area contributed by atoms with Crippen molar-refractivity contribution in [1.82, 2.24) is 9.88 Å². The highest BCUT2D eigenvalue weighted by Crippen LogP contribution is 2.37. The minimum Gasteiger partial charge on any atom is -0.335 e. The van der Waals surface area contributed by atoms with Crippen LogP contribution in [0.25, 0.3) is 0 Å². The van der Waals surface area contributed by atoms with Gasteiger partial charge in [-0.25, -0.2) is 0 Å². The Hall–Kier alpha value is -1.42. The zero-order valence-corrected chi connectivity index (χ0v) is 12.6. The molecule has 1 aromatic rings. The number of likely N-dealkylation sites (tertiary alicyclic amines) is 1. The predicted octanol–water partition coefficient (Wildman–Crippen LogP) is 2.51. The molecule has 0 bridgehead atoms. The van der Waals surface area contributed by atoms with E-state index in [0.717, 1.165) is 38.6 Å². The molecular weight excluding hydrogens is 262 g/mol. The lowest BCUT2D eigenvalue weighted by atomic mass is 9.78. The summed E-state index contributed by atoms with van der Waals surface area (Å²) in [5.41, 5.74) is 7.07. The van der Waals surface area contributed by atoms with Crippen molar-refractivity contribution >= 4 is 5.91 Å². The zero-order valence-electron chi connectivity index (χ0n) is 12.6. The van der Waals surface area contributed by atoms with Crippen LogP contribution in [-0.4, -0.2) is 28.9 Å². The Kier molecular flexibility index (Phi) is 4.54. The van der Waals surface area contributed by atoms with Crippen molar-refractivity contribution in [3.8, 4) is 0 Å². The van der Waals surface area contributed by atoms with E-state index in [1.165, 1.54) is 12.0 Å². The van der Waals surface area contributed by atoms with Crippen LogP contribution in [0.3, 0.4) is 0 Å². The maximum atomic E-state index is 13.0. The molecule has 21 heavy (non-hydrogen) atoms. The smallest absolute Gasteiger partial charge is 0.226 e. The lowest BCUT2D eigenvalue weighted by Gasteiger charge is -2.35. The van der Waals surface area contributed by atoms with Gasteiger partial charge in [-0.1, -0.05) is 18.9 Å². The van der Waals surface area contributed by atoms with Crippen LogP contribution in [-0.2, 0) is 4.79 Å². The van der Waals surface area contributed by atoms with Crippen molar-refractivity contribution in [2.75, 3.05) is 13.1 Å². The third kappa shape index (κ3) is 2.95. The molecular formula is C17H25N3O. The fraction of sp³-hybridized carbons (Fsp3) is 0.647. The summed E-state index contributed by atoms with van der Waals surface area (Å²) >= 11 is 0. The molecule has 3 rings (SSSR count). The average molecular weight is 287 g/mol. The molecule has 2 N–H and O–H groups in total. The average Bonchev–Trinajstić information content (AvgIpc) is 3.04. The Bertz CT molecular complexity index is 476. The first-order valence-corrected chi connectivity index (χ1v) is 8.21. The predicted molar refractivity (Wildman–Crippen MR) is 82.4 cm³/mol. The number of aromatic nitrogens is 1. The van der Waals surface area contributed by atoms with Crippen LogP contribution in [0.1, 0.15) is 50.1 Å². The summed E-state index contributed by atoms with van der Waals surface area (Å²) in [6, 6.07) is 4.26. The third-order valence-electron chi connectivity index (χ3n) is 5.13. The highest BCUT2D eigenvalue weighted by Gasteiger charge is 2.37. The lowest BCUT2D eigenvalue weighted by Crippen LogP contribution is -2.42. The van der Waals surface area contributed by atoms with Crippen LogP contribution in [0.15, 0.2) is 24.5 Å². The standard InChI is InChI=1S/C17H25N3O/c18-11-13-5-1-2-7-15(13)17(21)20-10-4-8-16(20)14-6-3-9-19-12-14/h3,6,9,12-13,15-16H,1-2,4-5,7-8,10-11,18H2. The zero-order chi connectivity index (χ0) is 14.7.